The first-order chi connectivity index (χ1) is 15.2. The average Bonchev–Trinajstić information content (AvgIpc) is 2.77. The molecule has 1 aromatic rings. The van der Waals surface area contributed by atoms with E-state index in [0.29, 0.717) is 12.8 Å². The number of ether oxygens (including phenoxy) is 4. The molecule has 0 radical (unpaired) electrons. The third-order valence-electron chi connectivity index (χ3n) is 5.69. The lowest BCUT2D eigenvalue weighted by molar-refractivity contribution is -0.326. The summed E-state index contributed by atoms with van der Waals surface area (Å²) in [6.45, 7) is 1.19. The Morgan fingerprint density at radius 3 is 2.25 bits per heavy atom. The number of aliphatic hydroxyl groups is 6. The van der Waals surface area contributed by atoms with E-state index in [-0.39, 0.29) is 25.1 Å². The largest absolute Gasteiger partial charge is 0.508 e. The number of hydrogen-bond donors (Lipinski definition) is 7. The van der Waals surface area contributed by atoms with Gasteiger partial charge >= 0.3 is 0 Å². The Morgan fingerprint density at radius 2 is 1.56 bits per heavy atom. The molecule has 2 fully saturated rings. The van der Waals surface area contributed by atoms with Crippen LogP contribution in [0.2, 0.25) is 0 Å². The summed E-state index contributed by atoms with van der Waals surface area (Å²) in [5.74, 6) is 0.175. The van der Waals surface area contributed by atoms with E-state index in [1.165, 1.54) is 0 Å². The zero-order valence-electron chi connectivity index (χ0n) is 17.7. The number of phenols is 1. The molecule has 11 heteroatoms. The summed E-state index contributed by atoms with van der Waals surface area (Å²) in [6, 6.07) is 6.76. The lowest BCUT2D eigenvalue weighted by atomic mass is 9.99. The van der Waals surface area contributed by atoms with E-state index in [9.17, 15) is 35.7 Å². The summed E-state index contributed by atoms with van der Waals surface area (Å²) in [7, 11) is 0. The first kappa shape index (κ1) is 25.2. The number of aryl methyl sites for hydroxylation is 1. The van der Waals surface area contributed by atoms with E-state index in [0.717, 1.165) is 5.56 Å². The van der Waals surface area contributed by atoms with Crippen LogP contribution in [0.15, 0.2) is 24.3 Å². The summed E-state index contributed by atoms with van der Waals surface area (Å²) in [5, 5.41) is 69.2. The molecule has 2 aliphatic rings. The van der Waals surface area contributed by atoms with Gasteiger partial charge in [-0.2, -0.15) is 0 Å². The highest BCUT2D eigenvalue weighted by Crippen LogP contribution is 2.26. The first-order valence-corrected chi connectivity index (χ1v) is 10.6. The smallest absolute Gasteiger partial charge is 0.186 e. The van der Waals surface area contributed by atoms with Gasteiger partial charge in [0, 0.05) is 0 Å². The van der Waals surface area contributed by atoms with Gasteiger partial charge in [-0.25, -0.2) is 0 Å². The molecule has 0 aliphatic carbocycles. The minimum atomic E-state index is -1.56. The molecule has 0 amide bonds. The van der Waals surface area contributed by atoms with Gasteiger partial charge in [0.1, 0.15) is 48.5 Å². The van der Waals surface area contributed by atoms with Gasteiger partial charge in [-0.1, -0.05) is 12.1 Å². The van der Waals surface area contributed by atoms with Crippen molar-refractivity contribution in [1.82, 2.24) is 0 Å². The molecular weight excluding hydrogens is 428 g/mol. The van der Waals surface area contributed by atoms with Crippen molar-refractivity contribution in [3.8, 4) is 5.75 Å². The Kier molecular flexibility index (Phi) is 8.81. The molecule has 0 aromatic heterocycles. The predicted molar refractivity (Wildman–Crippen MR) is 107 cm³/mol. The highest BCUT2D eigenvalue weighted by molar-refractivity contribution is 5.25. The van der Waals surface area contributed by atoms with Crippen LogP contribution in [0.5, 0.6) is 5.75 Å². The highest BCUT2D eigenvalue weighted by atomic mass is 16.7. The molecule has 3 rings (SSSR count). The fourth-order valence-electron chi connectivity index (χ4n) is 3.61. The average molecular weight is 460 g/mol. The maximum absolute atomic E-state index is 10.3. The van der Waals surface area contributed by atoms with E-state index >= 15 is 0 Å². The van der Waals surface area contributed by atoms with Crippen LogP contribution in [0, 0.1) is 0 Å². The van der Waals surface area contributed by atoms with Crippen molar-refractivity contribution >= 4 is 0 Å². The van der Waals surface area contributed by atoms with E-state index in [4.69, 9.17) is 18.9 Å². The Morgan fingerprint density at radius 1 is 0.906 bits per heavy atom. The van der Waals surface area contributed by atoms with Crippen LogP contribution in [-0.4, -0.2) is 110 Å². The molecule has 7 N–H and O–H groups in total. The van der Waals surface area contributed by atoms with E-state index in [1.807, 2.05) is 0 Å². The summed E-state index contributed by atoms with van der Waals surface area (Å²) < 4.78 is 21.9. The fourth-order valence-corrected chi connectivity index (χ4v) is 3.61. The van der Waals surface area contributed by atoms with Gasteiger partial charge in [-0.3, -0.25) is 0 Å². The standard InChI is InChI=1S/C21H32O11/c1-10(2-3-11-4-6-12(22)7-5-11)31-21-19(28)17(26)16(25)14(32-21)9-30-20-18(27)15(24)13(23)8-29-20/h4-7,10,13-28H,2-3,8-9H2,1H3/t10-,13+,14-,15+,16-,17+,18-,19-,20+,21-/m1/s1. The van der Waals surface area contributed by atoms with Crippen LogP contribution in [0.3, 0.4) is 0 Å². The van der Waals surface area contributed by atoms with Gasteiger partial charge < -0.3 is 54.7 Å². The molecule has 32 heavy (non-hydrogen) atoms. The van der Waals surface area contributed by atoms with Gasteiger partial charge in [0.05, 0.1) is 19.3 Å². The molecule has 2 aliphatic heterocycles. The van der Waals surface area contributed by atoms with Crippen molar-refractivity contribution in [1.29, 1.82) is 0 Å². The van der Waals surface area contributed by atoms with E-state index < -0.39 is 55.3 Å². The van der Waals surface area contributed by atoms with Crippen molar-refractivity contribution in [3.05, 3.63) is 29.8 Å². The normalized spacial score (nSPS) is 39.0. The molecule has 1 aromatic carbocycles. The number of benzene rings is 1. The topological polar surface area (TPSA) is 179 Å². The van der Waals surface area contributed by atoms with Crippen LogP contribution < -0.4 is 0 Å². The van der Waals surface area contributed by atoms with Crippen LogP contribution in [0.25, 0.3) is 0 Å². The lowest BCUT2D eigenvalue weighted by Gasteiger charge is -2.42. The van der Waals surface area contributed by atoms with Gasteiger partial charge in [0.25, 0.3) is 0 Å². The minimum absolute atomic E-state index is 0.175. The van der Waals surface area contributed by atoms with E-state index in [1.54, 1.807) is 31.2 Å². The molecule has 0 unspecified atom stereocenters. The third-order valence-corrected chi connectivity index (χ3v) is 5.69. The van der Waals surface area contributed by atoms with Gasteiger partial charge in [-0.15, -0.1) is 0 Å². The van der Waals surface area contributed by atoms with Crippen LogP contribution in [0.1, 0.15) is 18.9 Å². The molecule has 0 spiro atoms. The monoisotopic (exact) mass is 460 g/mol. The molecule has 2 saturated heterocycles. The zero-order valence-corrected chi connectivity index (χ0v) is 17.7. The van der Waals surface area contributed by atoms with Crippen molar-refractivity contribution in [3.63, 3.8) is 0 Å². The van der Waals surface area contributed by atoms with Crippen molar-refractivity contribution in [2.24, 2.45) is 0 Å². The van der Waals surface area contributed by atoms with Crippen LogP contribution >= 0.6 is 0 Å². The fraction of sp³-hybridized carbons (Fsp3) is 0.714. The molecule has 2 heterocycles. The Labute approximate surface area is 185 Å². The Bertz CT molecular complexity index is 701. The molecule has 11 nitrogen and oxygen atoms in total. The summed E-state index contributed by atoms with van der Waals surface area (Å²) in [5.41, 5.74) is 0.989. The molecule has 0 bridgehead atoms. The number of hydrogen-bond acceptors (Lipinski definition) is 11. The maximum atomic E-state index is 10.3. The molecule has 10 atom stereocenters. The second kappa shape index (κ2) is 11.2. The first-order valence-electron chi connectivity index (χ1n) is 10.6. The van der Waals surface area contributed by atoms with Crippen LogP contribution in [-0.2, 0) is 25.4 Å². The SMILES string of the molecule is C[C@H](CCc1ccc(O)cc1)O[C@@H]1O[C@H](CO[C@@H]2OC[C@H](O)[C@H](O)[C@H]2O)[C@@H](O)[C@H](O)[C@H]1O. The second-order valence-corrected chi connectivity index (χ2v) is 8.25. The summed E-state index contributed by atoms with van der Waals surface area (Å²) >= 11 is 0. The molecule has 0 saturated carbocycles. The third kappa shape index (κ3) is 6.14. The summed E-state index contributed by atoms with van der Waals surface area (Å²) in [4.78, 5) is 0. The number of aromatic hydroxyl groups is 1. The quantitative estimate of drug-likeness (QED) is 0.228. The van der Waals surface area contributed by atoms with Crippen molar-refractivity contribution < 1.29 is 54.7 Å². The Hall–Kier alpha value is -1.38. The lowest BCUT2D eigenvalue weighted by Crippen LogP contribution is -2.60. The number of rotatable bonds is 8. The summed E-state index contributed by atoms with van der Waals surface area (Å²) in [6.07, 6.45) is -11.5. The van der Waals surface area contributed by atoms with Gasteiger partial charge in [-0.05, 0) is 37.5 Å². The van der Waals surface area contributed by atoms with E-state index in [2.05, 4.69) is 0 Å². The molecular formula is C21H32O11. The number of aliphatic hydroxyl groups excluding tert-OH is 6. The molecule has 182 valence electrons. The Balaban J connectivity index is 1.52. The van der Waals surface area contributed by atoms with Crippen LogP contribution in [0.4, 0.5) is 0 Å². The van der Waals surface area contributed by atoms with Gasteiger partial charge in [0.15, 0.2) is 12.6 Å². The van der Waals surface area contributed by atoms with Crippen molar-refractivity contribution in [2.75, 3.05) is 13.2 Å². The highest BCUT2D eigenvalue weighted by Gasteiger charge is 2.46. The zero-order chi connectivity index (χ0) is 23.4. The maximum Gasteiger partial charge on any atom is 0.186 e. The second-order valence-electron chi connectivity index (χ2n) is 8.25. The number of phenolic OH excluding ortho intramolecular Hbond substituents is 1. The van der Waals surface area contributed by atoms with Crippen molar-refractivity contribution in [2.45, 2.75) is 81.2 Å². The van der Waals surface area contributed by atoms with Gasteiger partial charge in [0.2, 0.25) is 0 Å². The minimum Gasteiger partial charge on any atom is -0.508 e. The predicted octanol–water partition coefficient (Wildman–Crippen LogP) is -2.01.